The van der Waals surface area contributed by atoms with Gasteiger partial charge in [-0.3, -0.25) is 4.79 Å². The number of nitrogens with zero attached hydrogens (tertiary/aromatic N) is 2. The van der Waals surface area contributed by atoms with E-state index < -0.39 is 0 Å². The fourth-order valence-electron chi connectivity index (χ4n) is 1.39. The van der Waals surface area contributed by atoms with Crippen LogP contribution in [0.15, 0.2) is 40.9 Å². The minimum Gasteiger partial charge on any atom is -0.436 e. The summed E-state index contributed by atoms with van der Waals surface area (Å²) in [7, 11) is 1.70. The van der Waals surface area contributed by atoms with Crippen molar-refractivity contribution < 1.29 is 9.21 Å². The molecule has 0 saturated heterocycles. The molecule has 1 amide bonds. The van der Waals surface area contributed by atoms with Crippen LogP contribution in [0.3, 0.4) is 0 Å². The van der Waals surface area contributed by atoms with Crippen molar-refractivity contribution in [1.29, 1.82) is 0 Å². The largest absolute Gasteiger partial charge is 0.436 e. The summed E-state index contributed by atoms with van der Waals surface area (Å²) in [5.41, 5.74) is 0.821. The number of benzene rings is 1. The number of rotatable bonds is 2. The second-order valence-corrected chi connectivity index (χ2v) is 3.44. The van der Waals surface area contributed by atoms with Crippen LogP contribution in [0.1, 0.15) is 16.4 Å². The molecule has 0 aliphatic carbocycles. The maximum absolute atomic E-state index is 12.0. The minimum atomic E-state index is -0.202. The van der Waals surface area contributed by atoms with Gasteiger partial charge in [0.1, 0.15) is 0 Å². The molecule has 0 radical (unpaired) electrons. The smallest absolute Gasteiger partial charge is 0.295 e. The SMILES string of the molecule is Cc1ncc(C(=O)N(C)c2ccccc2)o1. The molecule has 16 heavy (non-hydrogen) atoms. The zero-order valence-electron chi connectivity index (χ0n) is 9.18. The number of aromatic nitrogens is 1. The maximum Gasteiger partial charge on any atom is 0.295 e. The molecule has 0 fully saturated rings. The van der Waals surface area contributed by atoms with Gasteiger partial charge in [-0.1, -0.05) is 18.2 Å². The van der Waals surface area contributed by atoms with Crippen LogP contribution >= 0.6 is 0 Å². The lowest BCUT2D eigenvalue weighted by atomic mass is 10.3. The van der Waals surface area contributed by atoms with Gasteiger partial charge in [0.2, 0.25) is 5.76 Å². The average molecular weight is 216 g/mol. The molecule has 0 spiro atoms. The van der Waals surface area contributed by atoms with Gasteiger partial charge in [-0.2, -0.15) is 0 Å². The summed E-state index contributed by atoms with van der Waals surface area (Å²) in [6.07, 6.45) is 1.44. The Kier molecular flexibility index (Phi) is 2.72. The molecule has 0 saturated carbocycles. The highest BCUT2D eigenvalue weighted by molar-refractivity contribution is 6.03. The summed E-state index contributed by atoms with van der Waals surface area (Å²) in [6, 6.07) is 9.39. The number of carbonyl (C=O) groups excluding carboxylic acids is 1. The highest BCUT2D eigenvalue weighted by atomic mass is 16.4. The second kappa shape index (κ2) is 4.18. The van der Waals surface area contributed by atoms with Crippen LogP contribution in [0, 0.1) is 6.92 Å². The lowest BCUT2D eigenvalue weighted by Gasteiger charge is -2.15. The summed E-state index contributed by atoms with van der Waals surface area (Å²) in [5, 5.41) is 0. The van der Waals surface area contributed by atoms with Gasteiger partial charge in [0, 0.05) is 19.7 Å². The third kappa shape index (κ3) is 1.95. The van der Waals surface area contributed by atoms with Gasteiger partial charge in [0.25, 0.3) is 5.91 Å². The van der Waals surface area contributed by atoms with E-state index in [-0.39, 0.29) is 11.7 Å². The molecule has 1 aromatic carbocycles. The van der Waals surface area contributed by atoms with Gasteiger partial charge >= 0.3 is 0 Å². The van der Waals surface area contributed by atoms with E-state index in [9.17, 15) is 4.79 Å². The molecular formula is C12H12N2O2. The zero-order valence-corrected chi connectivity index (χ0v) is 9.18. The van der Waals surface area contributed by atoms with Crippen LogP contribution < -0.4 is 4.90 Å². The predicted octanol–water partition coefficient (Wildman–Crippen LogP) is 2.26. The quantitative estimate of drug-likeness (QED) is 0.773. The van der Waals surface area contributed by atoms with E-state index in [4.69, 9.17) is 4.42 Å². The van der Waals surface area contributed by atoms with Gasteiger partial charge < -0.3 is 9.32 Å². The van der Waals surface area contributed by atoms with Crippen LogP contribution in [0.25, 0.3) is 0 Å². The topological polar surface area (TPSA) is 46.3 Å². The highest BCUT2D eigenvalue weighted by Crippen LogP contribution is 2.14. The van der Waals surface area contributed by atoms with E-state index >= 15 is 0 Å². The second-order valence-electron chi connectivity index (χ2n) is 3.44. The van der Waals surface area contributed by atoms with Crippen LogP contribution in [-0.2, 0) is 0 Å². The van der Waals surface area contributed by atoms with Crippen LogP contribution in [0.4, 0.5) is 5.69 Å². The number of oxazole rings is 1. The first-order chi connectivity index (χ1) is 7.68. The molecule has 0 aliphatic heterocycles. The van der Waals surface area contributed by atoms with Crippen molar-refractivity contribution in [2.45, 2.75) is 6.92 Å². The van der Waals surface area contributed by atoms with Gasteiger partial charge in [0.05, 0.1) is 6.20 Å². The van der Waals surface area contributed by atoms with Crippen molar-refractivity contribution in [3.8, 4) is 0 Å². The van der Waals surface area contributed by atoms with E-state index in [1.54, 1.807) is 14.0 Å². The van der Waals surface area contributed by atoms with Gasteiger partial charge in [-0.25, -0.2) is 4.98 Å². The van der Waals surface area contributed by atoms with Crippen LogP contribution in [-0.4, -0.2) is 17.9 Å². The fraction of sp³-hybridized carbons (Fsp3) is 0.167. The van der Waals surface area contributed by atoms with E-state index in [0.717, 1.165) is 5.69 Å². The summed E-state index contributed by atoms with van der Waals surface area (Å²) < 4.78 is 5.19. The molecule has 1 aromatic heterocycles. The first-order valence-corrected chi connectivity index (χ1v) is 4.94. The molecule has 1 heterocycles. The number of para-hydroxylation sites is 1. The Balaban J connectivity index is 2.23. The van der Waals surface area contributed by atoms with Crippen LogP contribution in [0.2, 0.25) is 0 Å². The Hall–Kier alpha value is -2.10. The molecule has 0 aliphatic rings. The zero-order chi connectivity index (χ0) is 11.5. The number of aryl methyl sites for hydroxylation is 1. The molecule has 0 unspecified atom stereocenters. The van der Waals surface area contributed by atoms with E-state index in [1.165, 1.54) is 11.1 Å². The van der Waals surface area contributed by atoms with Crippen molar-refractivity contribution in [3.05, 3.63) is 48.2 Å². The molecule has 4 heteroatoms. The molecule has 0 atom stereocenters. The number of carbonyl (C=O) groups is 1. The van der Waals surface area contributed by atoms with Gasteiger partial charge in [0.15, 0.2) is 5.89 Å². The monoisotopic (exact) mass is 216 g/mol. The summed E-state index contributed by atoms with van der Waals surface area (Å²) in [6.45, 7) is 1.71. The third-order valence-electron chi connectivity index (χ3n) is 2.28. The first kappa shape index (κ1) is 10.4. The molecule has 0 N–H and O–H groups in total. The van der Waals surface area contributed by atoms with Crippen molar-refractivity contribution in [1.82, 2.24) is 4.98 Å². The molecule has 2 rings (SSSR count). The van der Waals surface area contributed by atoms with Crippen molar-refractivity contribution >= 4 is 11.6 Å². The lowest BCUT2D eigenvalue weighted by Crippen LogP contribution is -2.25. The van der Waals surface area contributed by atoms with E-state index in [1.807, 2.05) is 30.3 Å². The molecule has 82 valence electrons. The summed E-state index contributed by atoms with van der Waals surface area (Å²) in [5.74, 6) is 0.542. The normalized spacial score (nSPS) is 10.1. The van der Waals surface area contributed by atoms with Gasteiger partial charge in [-0.15, -0.1) is 0 Å². The molecular weight excluding hydrogens is 204 g/mol. The van der Waals surface area contributed by atoms with E-state index in [0.29, 0.717) is 5.89 Å². The Morgan fingerprint density at radius 1 is 1.31 bits per heavy atom. The number of hydrogen-bond donors (Lipinski definition) is 0. The molecule has 0 bridgehead atoms. The number of anilines is 1. The first-order valence-electron chi connectivity index (χ1n) is 4.94. The average Bonchev–Trinajstić information content (AvgIpc) is 2.75. The maximum atomic E-state index is 12.0. The number of amides is 1. The predicted molar refractivity (Wildman–Crippen MR) is 60.4 cm³/mol. The minimum absolute atomic E-state index is 0.202. The number of hydrogen-bond acceptors (Lipinski definition) is 3. The van der Waals surface area contributed by atoms with Crippen molar-refractivity contribution in [2.75, 3.05) is 11.9 Å². The fourth-order valence-corrected chi connectivity index (χ4v) is 1.39. The standard InChI is InChI=1S/C12H12N2O2/c1-9-13-8-11(16-9)12(15)14(2)10-6-4-3-5-7-10/h3-8H,1-2H3. The Labute approximate surface area is 93.5 Å². The third-order valence-corrected chi connectivity index (χ3v) is 2.28. The van der Waals surface area contributed by atoms with Crippen LogP contribution in [0.5, 0.6) is 0 Å². The Morgan fingerprint density at radius 2 is 2.00 bits per heavy atom. The highest BCUT2D eigenvalue weighted by Gasteiger charge is 2.16. The summed E-state index contributed by atoms with van der Waals surface area (Å²) >= 11 is 0. The lowest BCUT2D eigenvalue weighted by molar-refractivity contribution is 0.0965. The van der Waals surface area contributed by atoms with Crippen molar-refractivity contribution in [2.24, 2.45) is 0 Å². The van der Waals surface area contributed by atoms with E-state index in [2.05, 4.69) is 4.98 Å². The summed E-state index contributed by atoms with van der Waals surface area (Å²) in [4.78, 5) is 17.4. The molecule has 2 aromatic rings. The van der Waals surface area contributed by atoms with Crippen molar-refractivity contribution in [3.63, 3.8) is 0 Å². The Morgan fingerprint density at radius 3 is 2.56 bits per heavy atom. The molecule has 4 nitrogen and oxygen atoms in total. The van der Waals surface area contributed by atoms with Gasteiger partial charge in [-0.05, 0) is 12.1 Å². The Bertz CT molecular complexity index is 491.